The van der Waals surface area contributed by atoms with Crippen molar-refractivity contribution in [2.75, 3.05) is 27.2 Å². The van der Waals surface area contributed by atoms with E-state index in [1.807, 2.05) is 20.3 Å². The Morgan fingerprint density at radius 3 is 2.64 bits per heavy atom. The van der Waals surface area contributed by atoms with E-state index in [9.17, 15) is 14.9 Å². The zero-order valence-electron chi connectivity index (χ0n) is 15.7. The standard InChI is InChI=1S/C18H22N6O4/c1-21(2)6-5-16-17(24(27)28)9-13(10-19-16)14-11-20-23(12-14)15-3-7-22(8-4-15)18(25)26/h5-6,9-12,15H,3-4,7-8H2,1-2H3,(H,25,26). The second kappa shape index (κ2) is 8.07. The number of likely N-dealkylation sites (tertiary alicyclic amines) is 1. The maximum absolute atomic E-state index is 11.4. The molecule has 0 saturated carbocycles. The minimum Gasteiger partial charge on any atom is -0.465 e. The Bertz CT molecular complexity index is 899. The minimum atomic E-state index is -0.901. The molecule has 1 aliphatic heterocycles. The average molecular weight is 386 g/mol. The second-order valence-corrected chi connectivity index (χ2v) is 6.87. The van der Waals surface area contributed by atoms with Crippen molar-refractivity contribution >= 4 is 17.9 Å². The van der Waals surface area contributed by atoms with Gasteiger partial charge in [-0.25, -0.2) is 9.78 Å². The van der Waals surface area contributed by atoms with Crippen LogP contribution < -0.4 is 0 Å². The van der Waals surface area contributed by atoms with Gasteiger partial charge in [-0.15, -0.1) is 0 Å². The van der Waals surface area contributed by atoms with E-state index in [4.69, 9.17) is 5.11 Å². The predicted octanol–water partition coefficient (Wildman–Crippen LogP) is 2.70. The summed E-state index contributed by atoms with van der Waals surface area (Å²) < 4.78 is 1.81. The van der Waals surface area contributed by atoms with Crippen LogP contribution >= 0.6 is 0 Å². The van der Waals surface area contributed by atoms with Crippen LogP contribution in [-0.4, -0.2) is 67.9 Å². The van der Waals surface area contributed by atoms with Crippen molar-refractivity contribution < 1.29 is 14.8 Å². The number of carbonyl (C=O) groups is 1. The summed E-state index contributed by atoms with van der Waals surface area (Å²) in [6, 6.07) is 1.60. The lowest BCUT2D eigenvalue weighted by molar-refractivity contribution is -0.385. The van der Waals surface area contributed by atoms with Gasteiger partial charge in [0.05, 0.1) is 17.2 Å². The lowest BCUT2D eigenvalue weighted by atomic mass is 10.1. The normalized spacial score (nSPS) is 15.1. The molecular formula is C18H22N6O4. The summed E-state index contributed by atoms with van der Waals surface area (Å²) in [5.41, 5.74) is 1.57. The molecule has 1 N–H and O–H groups in total. The molecule has 3 rings (SSSR count). The number of amides is 1. The lowest BCUT2D eigenvalue weighted by Gasteiger charge is -2.30. The summed E-state index contributed by atoms with van der Waals surface area (Å²) in [7, 11) is 3.65. The smallest absolute Gasteiger partial charge is 0.407 e. The van der Waals surface area contributed by atoms with Crippen molar-refractivity contribution in [1.29, 1.82) is 0 Å². The maximum atomic E-state index is 11.4. The summed E-state index contributed by atoms with van der Waals surface area (Å²) in [4.78, 5) is 29.4. The molecular weight excluding hydrogens is 364 g/mol. The van der Waals surface area contributed by atoms with Crippen LogP contribution in [-0.2, 0) is 0 Å². The summed E-state index contributed by atoms with van der Waals surface area (Å²) in [6.07, 6.45) is 8.84. The molecule has 0 unspecified atom stereocenters. The molecule has 2 aromatic rings. The van der Waals surface area contributed by atoms with Gasteiger partial charge in [0.1, 0.15) is 5.69 Å². The first-order valence-electron chi connectivity index (χ1n) is 8.86. The topological polar surface area (TPSA) is 118 Å². The number of piperidine rings is 1. The Morgan fingerprint density at radius 2 is 2.04 bits per heavy atom. The van der Waals surface area contributed by atoms with E-state index in [1.54, 1.807) is 34.3 Å². The van der Waals surface area contributed by atoms with Crippen molar-refractivity contribution in [2.24, 2.45) is 0 Å². The first kappa shape index (κ1) is 19.3. The molecule has 0 aromatic carbocycles. The van der Waals surface area contributed by atoms with Crippen LogP contribution in [0.15, 0.2) is 30.9 Å². The van der Waals surface area contributed by atoms with Crippen LogP contribution in [0.5, 0.6) is 0 Å². The molecule has 10 nitrogen and oxygen atoms in total. The summed E-state index contributed by atoms with van der Waals surface area (Å²) in [6.45, 7) is 0.935. The Balaban J connectivity index is 1.80. The fraction of sp³-hybridized carbons (Fsp3) is 0.389. The second-order valence-electron chi connectivity index (χ2n) is 6.87. The Kier molecular flexibility index (Phi) is 5.57. The zero-order valence-corrected chi connectivity index (χ0v) is 15.7. The van der Waals surface area contributed by atoms with Gasteiger partial charge in [0, 0.05) is 63.0 Å². The predicted molar refractivity (Wildman–Crippen MR) is 103 cm³/mol. The van der Waals surface area contributed by atoms with E-state index in [0.29, 0.717) is 31.5 Å². The molecule has 148 valence electrons. The molecule has 1 amide bonds. The number of nitro groups is 1. The quantitative estimate of drug-likeness (QED) is 0.620. The number of nitrogens with zero attached hydrogens (tertiary/aromatic N) is 6. The number of carboxylic acid groups (broad SMARTS) is 1. The highest BCUT2D eigenvalue weighted by atomic mass is 16.6. The van der Waals surface area contributed by atoms with E-state index in [1.165, 1.54) is 11.0 Å². The third-order valence-electron chi connectivity index (χ3n) is 4.67. The maximum Gasteiger partial charge on any atom is 0.407 e. The number of aromatic nitrogens is 3. The van der Waals surface area contributed by atoms with Crippen LogP contribution in [0, 0.1) is 10.1 Å². The zero-order chi connectivity index (χ0) is 20.3. The van der Waals surface area contributed by atoms with Gasteiger partial charge in [0.15, 0.2) is 0 Å². The molecule has 1 saturated heterocycles. The van der Waals surface area contributed by atoms with Crippen molar-refractivity contribution in [3.05, 3.63) is 46.7 Å². The number of rotatable bonds is 5. The third-order valence-corrected chi connectivity index (χ3v) is 4.67. The highest BCUT2D eigenvalue weighted by Gasteiger charge is 2.24. The fourth-order valence-corrected chi connectivity index (χ4v) is 3.12. The first-order chi connectivity index (χ1) is 13.3. The van der Waals surface area contributed by atoms with Gasteiger partial charge >= 0.3 is 6.09 Å². The molecule has 3 heterocycles. The van der Waals surface area contributed by atoms with E-state index >= 15 is 0 Å². The van der Waals surface area contributed by atoms with E-state index in [-0.39, 0.29) is 17.4 Å². The molecule has 1 fully saturated rings. The summed E-state index contributed by atoms with van der Waals surface area (Å²) in [5.74, 6) is 0. The molecule has 28 heavy (non-hydrogen) atoms. The SMILES string of the molecule is CN(C)C=Cc1ncc(-c2cnn(C3CCN(C(=O)O)CC3)c2)cc1[N+](=O)[O-]. The largest absolute Gasteiger partial charge is 0.465 e. The summed E-state index contributed by atoms with van der Waals surface area (Å²) in [5, 5.41) is 24.9. The third kappa shape index (κ3) is 4.27. The van der Waals surface area contributed by atoms with Gasteiger partial charge in [-0.05, 0) is 18.9 Å². The van der Waals surface area contributed by atoms with Crippen LogP contribution in [0.2, 0.25) is 0 Å². The average Bonchev–Trinajstić information content (AvgIpc) is 3.16. The molecule has 0 spiro atoms. The Morgan fingerprint density at radius 1 is 1.32 bits per heavy atom. The van der Waals surface area contributed by atoms with E-state index in [0.717, 1.165) is 5.56 Å². The first-order valence-corrected chi connectivity index (χ1v) is 8.86. The number of hydrogen-bond donors (Lipinski definition) is 1. The van der Waals surface area contributed by atoms with Gasteiger partial charge < -0.3 is 14.9 Å². The van der Waals surface area contributed by atoms with Gasteiger partial charge in [0.25, 0.3) is 5.69 Å². The van der Waals surface area contributed by atoms with Crippen LogP contribution in [0.4, 0.5) is 10.5 Å². The van der Waals surface area contributed by atoms with Gasteiger partial charge in [0.2, 0.25) is 0 Å². The molecule has 10 heteroatoms. The summed E-state index contributed by atoms with van der Waals surface area (Å²) >= 11 is 0. The van der Waals surface area contributed by atoms with Crippen molar-refractivity contribution in [1.82, 2.24) is 24.6 Å². The highest BCUT2D eigenvalue weighted by molar-refractivity contribution is 5.68. The molecule has 0 aliphatic carbocycles. The van der Waals surface area contributed by atoms with Crippen LogP contribution in [0.25, 0.3) is 17.2 Å². The number of hydrogen-bond acceptors (Lipinski definition) is 6. The highest BCUT2D eigenvalue weighted by Crippen LogP contribution is 2.28. The van der Waals surface area contributed by atoms with Crippen LogP contribution in [0.3, 0.4) is 0 Å². The fourth-order valence-electron chi connectivity index (χ4n) is 3.12. The lowest BCUT2D eigenvalue weighted by Crippen LogP contribution is -2.38. The number of pyridine rings is 1. The molecule has 1 aliphatic rings. The van der Waals surface area contributed by atoms with Gasteiger partial charge in [-0.1, -0.05) is 0 Å². The van der Waals surface area contributed by atoms with Crippen molar-refractivity contribution in [3.8, 4) is 11.1 Å². The van der Waals surface area contributed by atoms with E-state index < -0.39 is 11.0 Å². The van der Waals surface area contributed by atoms with E-state index in [2.05, 4.69) is 10.1 Å². The Labute approximate surface area is 161 Å². The van der Waals surface area contributed by atoms with Crippen molar-refractivity contribution in [2.45, 2.75) is 18.9 Å². The van der Waals surface area contributed by atoms with Gasteiger partial charge in [-0.2, -0.15) is 5.10 Å². The van der Waals surface area contributed by atoms with Crippen molar-refractivity contribution in [3.63, 3.8) is 0 Å². The molecule has 0 bridgehead atoms. The minimum absolute atomic E-state index is 0.0712. The Hall–Kier alpha value is -3.43. The van der Waals surface area contributed by atoms with Gasteiger partial charge in [-0.3, -0.25) is 14.8 Å². The molecule has 0 radical (unpaired) electrons. The monoisotopic (exact) mass is 386 g/mol. The molecule has 0 atom stereocenters. The molecule has 2 aromatic heterocycles. The van der Waals surface area contributed by atoms with Crippen LogP contribution in [0.1, 0.15) is 24.6 Å².